The topological polar surface area (TPSA) is 21.3 Å². The molecule has 0 aromatic heterocycles. The van der Waals surface area contributed by atoms with Crippen molar-refractivity contribution in [2.75, 3.05) is 13.2 Å². The molecule has 0 aliphatic rings. The summed E-state index contributed by atoms with van der Waals surface area (Å²) >= 11 is 13.3. The number of aryl methyl sites for hydroxylation is 1. The highest BCUT2D eigenvalue weighted by molar-refractivity contribution is 8.28. The molecule has 2 aromatic rings. The minimum atomic E-state index is -2.41. The Morgan fingerprint density at radius 3 is 2.48 bits per heavy atom. The van der Waals surface area contributed by atoms with E-state index in [2.05, 4.69) is 35.9 Å². The number of rotatable bonds is 7. The van der Waals surface area contributed by atoms with Gasteiger partial charge in [-0.1, -0.05) is 59.3 Å². The van der Waals surface area contributed by atoms with E-state index in [1.54, 1.807) is 11.9 Å². The molecule has 21 heavy (non-hydrogen) atoms. The summed E-state index contributed by atoms with van der Waals surface area (Å²) in [6.45, 7) is 3.26. The van der Waals surface area contributed by atoms with Crippen LogP contribution in [0.1, 0.15) is 5.56 Å². The lowest BCUT2D eigenvalue weighted by atomic mass is 10.2. The predicted octanol–water partition coefficient (Wildman–Crippen LogP) is 4.48. The first kappa shape index (κ1) is 17.0. The van der Waals surface area contributed by atoms with Gasteiger partial charge in [-0.3, -0.25) is 4.72 Å². The minimum absolute atomic E-state index is 0.495. The van der Waals surface area contributed by atoms with Gasteiger partial charge < -0.3 is 4.52 Å². The van der Waals surface area contributed by atoms with Crippen LogP contribution >= 0.6 is 28.8 Å². The monoisotopic (exact) mass is 357 g/mol. The zero-order chi connectivity index (χ0) is 15.1. The Morgan fingerprint density at radius 1 is 1.14 bits per heavy atom. The number of hydrogen-bond donors (Lipinski definition) is 1. The summed E-state index contributed by atoms with van der Waals surface area (Å²) in [6, 6.07) is 18.0. The Kier molecular flexibility index (Phi) is 6.74. The van der Waals surface area contributed by atoms with Gasteiger partial charge in [-0.25, -0.2) is 0 Å². The molecule has 2 rings (SSSR count). The Bertz CT molecular complexity index is 607. The van der Waals surface area contributed by atoms with Crippen molar-refractivity contribution in [3.05, 3.63) is 60.2 Å². The number of halogens is 1. The van der Waals surface area contributed by atoms with Gasteiger partial charge in [0.25, 0.3) is 0 Å². The van der Waals surface area contributed by atoms with Crippen molar-refractivity contribution in [3.63, 3.8) is 0 Å². The average Bonchev–Trinajstić information content (AvgIpc) is 2.50. The van der Waals surface area contributed by atoms with E-state index in [9.17, 15) is 0 Å². The smallest absolute Gasteiger partial charge is 0.180 e. The second-order valence-electron chi connectivity index (χ2n) is 4.46. The van der Waals surface area contributed by atoms with Gasteiger partial charge in [0, 0.05) is 16.7 Å². The van der Waals surface area contributed by atoms with Crippen molar-refractivity contribution < 1.29 is 4.52 Å². The lowest BCUT2D eigenvalue weighted by Gasteiger charge is -2.15. The third-order valence-electron chi connectivity index (χ3n) is 2.74. The molecule has 6 heteroatoms. The molecule has 0 amide bonds. The summed E-state index contributed by atoms with van der Waals surface area (Å²) < 4.78 is 8.94. The fourth-order valence-corrected chi connectivity index (χ4v) is 4.39. The van der Waals surface area contributed by atoms with Crippen molar-refractivity contribution in [1.82, 2.24) is 4.72 Å². The number of nitrogens with one attached hydrogen (secondary N) is 1. The van der Waals surface area contributed by atoms with Crippen molar-refractivity contribution in [2.24, 2.45) is 0 Å². The van der Waals surface area contributed by atoms with E-state index in [0.717, 1.165) is 5.30 Å². The second-order valence-corrected chi connectivity index (χ2v) is 10.7. The maximum absolute atomic E-state index is 6.34. The number of benzene rings is 2. The van der Waals surface area contributed by atoms with Crippen LogP contribution in [0.25, 0.3) is 0 Å². The summed E-state index contributed by atoms with van der Waals surface area (Å²) in [5.74, 6) is 0. The fraction of sp³-hybridized carbons (Fsp3) is 0.200. The lowest BCUT2D eigenvalue weighted by molar-refractivity contribution is 0.370. The SMILES string of the molecule is Cc1ccc(SNCCOP(=S)(Cl)c2ccccc2)cc1. The zero-order valence-corrected chi connectivity index (χ0v) is 14.9. The summed E-state index contributed by atoms with van der Waals surface area (Å²) in [6.07, 6.45) is 0. The number of hydrogen-bond acceptors (Lipinski definition) is 4. The van der Waals surface area contributed by atoms with Gasteiger partial charge in [0.05, 0.1) is 6.61 Å². The molecule has 0 fully saturated rings. The standard InChI is InChI=1S/C15H17ClNOPS2/c1-13-7-9-15(10-8-13)21-17-11-12-18-19(16,20)14-5-3-2-4-6-14/h2-10,17H,11-12H2,1H3. The van der Waals surface area contributed by atoms with Crippen molar-refractivity contribution in [1.29, 1.82) is 0 Å². The first-order valence-electron chi connectivity index (χ1n) is 6.54. The van der Waals surface area contributed by atoms with E-state index < -0.39 is 5.62 Å². The maximum atomic E-state index is 6.34. The summed E-state index contributed by atoms with van der Waals surface area (Å²) in [5, 5.41) is 0.896. The molecule has 112 valence electrons. The molecule has 0 aliphatic carbocycles. The van der Waals surface area contributed by atoms with Gasteiger partial charge in [-0.15, -0.1) is 0 Å². The summed E-state index contributed by atoms with van der Waals surface area (Å²) in [5.41, 5.74) is -1.15. The Hall–Kier alpha value is -0.350. The Morgan fingerprint density at radius 2 is 1.81 bits per heavy atom. The molecule has 0 saturated carbocycles. The van der Waals surface area contributed by atoms with E-state index in [1.807, 2.05) is 30.3 Å². The highest BCUT2D eigenvalue weighted by atomic mass is 35.7. The summed E-state index contributed by atoms with van der Waals surface area (Å²) in [7, 11) is 0. The van der Waals surface area contributed by atoms with Gasteiger partial charge in [0.2, 0.25) is 0 Å². The van der Waals surface area contributed by atoms with Crippen LogP contribution in [0.3, 0.4) is 0 Å². The molecular formula is C15H17ClNOPS2. The van der Waals surface area contributed by atoms with Gasteiger partial charge in [-0.2, -0.15) is 0 Å². The van der Waals surface area contributed by atoms with E-state index in [-0.39, 0.29) is 0 Å². The van der Waals surface area contributed by atoms with Gasteiger partial charge in [0.15, 0.2) is 5.62 Å². The second kappa shape index (κ2) is 8.33. The maximum Gasteiger partial charge on any atom is 0.180 e. The molecule has 2 aromatic carbocycles. The van der Waals surface area contributed by atoms with Gasteiger partial charge in [0.1, 0.15) is 0 Å². The molecule has 0 radical (unpaired) electrons. The predicted molar refractivity (Wildman–Crippen MR) is 97.2 cm³/mol. The quantitative estimate of drug-likeness (QED) is 0.448. The molecule has 0 bridgehead atoms. The first-order valence-corrected chi connectivity index (χ1v) is 11.0. The Labute approximate surface area is 140 Å². The van der Waals surface area contributed by atoms with E-state index in [1.165, 1.54) is 10.5 Å². The van der Waals surface area contributed by atoms with Crippen LogP contribution in [0.2, 0.25) is 0 Å². The molecule has 1 N–H and O–H groups in total. The highest BCUT2D eigenvalue weighted by Crippen LogP contribution is 2.51. The molecule has 2 nitrogen and oxygen atoms in total. The molecule has 0 spiro atoms. The van der Waals surface area contributed by atoms with E-state index >= 15 is 0 Å². The third kappa shape index (κ3) is 5.74. The molecule has 1 unspecified atom stereocenters. The van der Waals surface area contributed by atoms with Crippen LogP contribution < -0.4 is 10.0 Å². The molecular weight excluding hydrogens is 341 g/mol. The van der Waals surface area contributed by atoms with Crippen molar-refractivity contribution in [2.45, 2.75) is 11.8 Å². The minimum Gasteiger partial charge on any atom is -0.333 e. The zero-order valence-electron chi connectivity index (χ0n) is 11.7. The van der Waals surface area contributed by atoms with Crippen LogP contribution in [0.15, 0.2) is 59.5 Å². The fourth-order valence-electron chi connectivity index (χ4n) is 1.63. The molecule has 0 heterocycles. The van der Waals surface area contributed by atoms with Crippen molar-refractivity contribution >= 4 is 45.9 Å². The first-order chi connectivity index (χ1) is 10.1. The molecule has 0 saturated heterocycles. The Balaban J connectivity index is 1.72. The largest absolute Gasteiger partial charge is 0.333 e. The van der Waals surface area contributed by atoms with Crippen LogP contribution in [-0.2, 0) is 16.3 Å². The van der Waals surface area contributed by atoms with Crippen molar-refractivity contribution in [3.8, 4) is 0 Å². The lowest BCUT2D eigenvalue weighted by Crippen LogP contribution is -2.13. The summed E-state index contributed by atoms with van der Waals surface area (Å²) in [4.78, 5) is 1.17. The third-order valence-corrected chi connectivity index (χ3v) is 6.85. The van der Waals surface area contributed by atoms with Crippen LogP contribution in [0, 0.1) is 6.92 Å². The molecule has 0 aliphatic heterocycles. The normalized spacial score (nSPS) is 13.8. The van der Waals surface area contributed by atoms with Gasteiger partial charge in [-0.05, 0) is 42.8 Å². The van der Waals surface area contributed by atoms with Crippen LogP contribution in [0.5, 0.6) is 0 Å². The van der Waals surface area contributed by atoms with E-state index in [4.69, 9.17) is 27.6 Å². The van der Waals surface area contributed by atoms with Crippen LogP contribution in [0.4, 0.5) is 0 Å². The van der Waals surface area contributed by atoms with Crippen LogP contribution in [-0.4, -0.2) is 13.2 Å². The van der Waals surface area contributed by atoms with Gasteiger partial charge >= 0.3 is 0 Å². The highest BCUT2D eigenvalue weighted by Gasteiger charge is 2.16. The average molecular weight is 358 g/mol. The molecule has 1 atom stereocenters. The van der Waals surface area contributed by atoms with E-state index in [0.29, 0.717) is 13.2 Å².